The van der Waals surface area contributed by atoms with Crippen LogP contribution in [0.4, 0.5) is 0 Å². The molecule has 2 N–H and O–H groups in total. The van der Waals surface area contributed by atoms with Crippen molar-refractivity contribution in [2.45, 2.75) is 18.4 Å². The van der Waals surface area contributed by atoms with E-state index in [4.69, 9.17) is 15.2 Å². The van der Waals surface area contributed by atoms with E-state index in [1.165, 1.54) is 0 Å². The van der Waals surface area contributed by atoms with Gasteiger partial charge in [-0.1, -0.05) is 6.07 Å². The summed E-state index contributed by atoms with van der Waals surface area (Å²) in [6.45, 7) is 3.08. The zero-order valence-electron chi connectivity index (χ0n) is 14.6. The van der Waals surface area contributed by atoms with E-state index in [0.29, 0.717) is 63.5 Å². The van der Waals surface area contributed by atoms with Crippen LogP contribution < -0.4 is 10.5 Å². The first-order chi connectivity index (χ1) is 12.0. The van der Waals surface area contributed by atoms with Gasteiger partial charge in [0.25, 0.3) is 5.91 Å². The molecule has 2 amide bonds. The summed E-state index contributed by atoms with van der Waals surface area (Å²) in [6, 6.07) is 7.12. The number of benzene rings is 1. The van der Waals surface area contributed by atoms with E-state index >= 15 is 0 Å². The van der Waals surface area contributed by atoms with Gasteiger partial charge in [-0.25, -0.2) is 0 Å². The minimum atomic E-state index is -0.822. The Bertz CT molecular complexity index is 635. The molecule has 0 spiro atoms. The van der Waals surface area contributed by atoms with Gasteiger partial charge in [0.15, 0.2) is 0 Å². The van der Waals surface area contributed by atoms with Crippen molar-refractivity contribution in [1.29, 1.82) is 0 Å². The Morgan fingerprint density at radius 1 is 1.12 bits per heavy atom. The second-order valence-corrected chi connectivity index (χ2v) is 6.58. The predicted molar refractivity (Wildman–Crippen MR) is 92.4 cm³/mol. The molecule has 7 heteroatoms. The molecule has 0 bridgehead atoms. The van der Waals surface area contributed by atoms with E-state index < -0.39 is 5.54 Å². The van der Waals surface area contributed by atoms with Crippen LogP contribution in [0.3, 0.4) is 0 Å². The summed E-state index contributed by atoms with van der Waals surface area (Å²) in [7, 11) is 1.58. The summed E-state index contributed by atoms with van der Waals surface area (Å²) in [6.07, 6.45) is 1.10. The van der Waals surface area contributed by atoms with Gasteiger partial charge in [-0.05, 0) is 31.0 Å². The number of methoxy groups -OCH3 is 1. The average Bonchev–Trinajstić information content (AvgIpc) is 2.67. The van der Waals surface area contributed by atoms with E-state index in [0.717, 1.165) is 0 Å². The minimum Gasteiger partial charge on any atom is -0.497 e. The Kier molecular flexibility index (Phi) is 5.24. The monoisotopic (exact) mass is 347 g/mol. The van der Waals surface area contributed by atoms with Gasteiger partial charge in [-0.15, -0.1) is 0 Å². The number of hydrogen-bond acceptors (Lipinski definition) is 5. The molecule has 2 heterocycles. The number of nitrogens with two attached hydrogens (primary N) is 1. The first kappa shape index (κ1) is 17.7. The highest BCUT2D eigenvalue weighted by Gasteiger charge is 2.40. The fraction of sp³-hybridized carbons (Fsp3) is 0.556. The van der Waals surface area contributed by atoms with Crippen molar-refractivity contribution in [3.05, 3.63) is 29.8 Å². The predicted octanol–water partition coefficient (Wildman–Crippen LogP) is 0.488. The fourth-order valence-corrected chi connectivity index (χ4v) is 3.32. The summed E-state index contributed by atoms with van der Waals surface area (Å²) in [5.41, 5.74) is 6.06. The number of nitrogens with zero attached hydrogens (tertiary/aromatic N) is 2. The maximum Gasteiger partial charge on any atom is 0.254 e. The number of carbonyl (C=O) groups excluding carboxylic acids is 2. The maximum absolute atomic E-state index is 12.7. The van der Waals surface area contributed by atoms with E-state index in [-0.39, 0.29) is 11.8 Å². The molecular formula is C18H25N3O4. The molecule has 2 saturated heterocycles. The van der Waals surface area contributed by atoms with Crippen molar-refractivity contribution in [2.75, 3.05) is 46.5 Å². The number of ether oxygens (including phenoxy) is 2. The van der Waals surface area contributed by atoms with Gasteiger partial charge >= 0.3 is 0 Å². The van der Waals surface area contributed by atoms with E-state index in [1.54, 1.807) is 35.1 Å². The molecule has 0 unspecified atom stereocenters. The molecule has 0 atom stereocenters. The summed E-state index contributed by atoms with van der Waals surface area (Å²) >= 11 is 0. The van der Waals surface area contributed by atoms with Crippen molar-refractivity contribution in [3.8, 4) is 5.75 Å². The quantitative estimate of drug-likeness (QED) is 0.860. The number of piperazine rings is 1. The summed E-state index contributed by atoms with van der Waals surface area (Å²) < 4.78 is 10.5. The Morgan fingerprint density at radius 3 is 2.40 bits per heavy atom. The topological polar surface area (TPSA) is 85.1 Å². The highest BCUT2D eigenvalue weighted by atomic mass is 16.5. The first-order valence-corrected chi connectivity index (χ1v) is 8.63. The van der Waals surface area contributed by atoms with E-state index in [1.807, 2.05) is 6.07 Å². The standard InChI is InChI=1S/C18H25N3O4/c1-24-15-4-2-3-14(13-15)16(22)20-7-9-21(10-8-20)17(23)18(19)5-11-25-12-6-18/h2-4,13H,5-12,19H2,1H3. The van der Waals surface area contributed by atoms with Crippen molar-refractivity contribution >= 4 is 11.8 Å². The molecule has 2 aliphatic heterocycles. The zero-order valence-corrected chi connectivity index (χ0v) is 14.6. The summed E-state index contributed by atoms with van der Waals surface area (Å²) in [5.74, 6) is 0.591. The van der Waals surface area contributed by atoms with Gasteiger partial charge in [0, 0.05) is 45.0 Å². The van der Waals surface area contributed by atoms with Gasteiger partial charge in [0.1, 0.15) is 5.75 Å². The van der Waals surface area contributed by atoms with Gasteiger partial charge < -0.3 is 25.0 Å². The third-order valence-corrected chi connectivity index (χ3v) is 4.98. The molecule has 0 saturated carbocycles. The highest BCUT2D eigenvalue weighted by Crippen LogP contribution is 2.22. The van der Waals surface area contributed by atoms with Gasteiger partial charge in [-0.3, -0.25) is 9.59 Å². The Morgan fingerprint density at radius 2 is 1.76 bits per heavy atom. The van der Waals surface area contributed by atoms with Crippen LogP contribution in [0.5, 0.6) is 5.75 Å². The van der Waals surface area contributed by atoms with E-state index in [9.17, 15) is 9.59 Å². The van der Waals surface area contributed by atoms with E-state index in [2.05, 4.69) is 0 Å². The molecular weight excluding hydrogens is 322 g/mol. The second kappa shape index (κ2) is 7.41. The Hall–Kier alpha value is -2.12. The molecule has 0 aliphatic carbocycles. The zero-order chi connectivity index (χ0) is 17.9. The molecule has 25 heavy (non-hydrogen) atoms. The Balaban J connectivity index is 1.59. The SMILES string of the molecule is COc1cccc(C(=O)N2CCN(C(=O)C3(N)CCOCC3)CC2)c1. The highest BCUT2D eigenvalue weighted by molar-refractivity contribution is 5.95. The van der Waals surface area contributed by atoms with Crippen LogP contribution in [-0.4, -0.2) is 73.7 Å². The molecule has 7 nitrogen and oxygen atoms in total. The van der Waals surface area contributed by atoms with Crippen LogP contribution in [0.2, 0.25) is 0 Å². The fourth-order valence-electron chi connectivity index (χ4n) is 3.32. The van der Waals surface area contributed by atoms with Crippen LogP contribution in [-0.2, 0) is 9.53 Å². The van der Waals surface area contributed by atoms with Crippen molar-refractivity contribution < 1.29 is 19.1 Å². The van der Waals surface area contributed by atoms with Gasteiger partial charge in [0.2, 0.25) is 5.91 Å². The molecule has 1 aromatic carbocycles. The van der Waals surface area contributed by atoms with Gasteiger partial charge in [0.05, 0.1) is 12.6 Å². The minimum absolute atomic E-state index is 0.0238. The Labute approximate surface area is 147 Å². The maximum atomic E-state index is 12.7. The lowest BCUT2D eigenvalue weighted by atomic mass is 9.89. The molecule has 1 aromatic rings. The molecule has 0 aromatic heterocycles. The molecule has 2 aliphatic rings. The summed E-state index contributed by atoms with van der Waals surface area (Å²) in [4.78, 5) is 28.9. The van der Waals surface area contributed by atoms with Crippen LogP contribution >= 0.6 is 0 Å². The number of amides is 2. The number of hydrogen-bond donors (Lipinski definition) is 1. The van der Waals surface area contributed by atoms with Gasteiger partial charge in [-0.2, -0.15) is 0 Å². The first-order valence-electron chi connectivity index (χ1n) is 8.63. The summed E-state index contributed by atoms with van der Waals surface area (Å²) in [5, 5.41) is 0. The lowest BCUT2D eigenvalue weighted by molar-refractivity contribution is -0.142. The third kappa shape index (κ3) is 3.77. The lowest BCUT2D eigenvalue weighted by Crippen LogP contribution is -2.61. The normalized spacial score (nSPS) is 20.2. The van der Waals surface area contributed by atoms with Crippen molar-refractivity contribution in [2.24, 2.45) is 5.73 Å². The number of carbonyl (C=O) groups is 2. The second-order valence-electron chi connectivity index (χ2n) is 6.58. The third-order valence-electron chi connectivity index (χ3n) is 4.98. The van der Waals surface area contributed by atoms with Crippen LogP contribution in [0.1, 0.15) is 23.2 Å². The lowest BCUT2D eigenvalue weighted by Gasteiger charge is -2.40. The molecule has 0 radical (unpaired) electrons. The molecule has 3 rings (SSSR count). The van der Waals surface area contributed by atoms with Crippen molar-refractivity contribution in [1.82, 2.24) is 9.80 Å². The molecule has 2 fully saturated rings. The smallest absolute Gasteiger partial charge is 0.254 e. The van der Waals surface area contributed by atoms with Crippen molar-refractivity contribution in [3.63, 3.8) is 0 Å². The van der Waals surface area contributed by atoms with Crippen LogP contribution in [0.25, 0.3) is 0 Å². The van der Waals surface area contributed by atoms with Crippen LogP contribution in [0, 0.1) is 0 Å². The largest absolute Gasteiger partial charge is 0.497 e. The van der Waals surface area contributed by atoms with Crippen LogP contribution in [0.15, 0.2) is 24.3 Å². The number of rotatable bonds is 3. The molecule has 136 valence electrons. The average molecular weight is 347 g/mol.